The molecule has 0 saturated carbocycles. The summed E-state index contributed by atoms with van der Waals surface area (Å²) in [6, 6.07) is 5.12. The van der Waals surface area contributed by atoms with E-state index >= 15 is 0 Å². The van der Waals surface area contributed by atoms with E-state index in [9.17, 15) is 13.2 Å². The summed E-state index contributed by atoms with van der Waals surface area (Å²) in [5.74, 6) is 0. The Labute approximate surface area is 132 Å². The Morgan fingerprint density at radius 2 is 1.76 bits per heavy atom. The van der Waals surface area contributed by atoms with Gasteiger partial charge in [-0.25, -0.2) is 0 Å². The van der Waals surface area contributed by atoms with E-state index in [1.807, 2.05) is 4.90 Å². The van der Waals surface area contributed by atoms with E-state index < -0.39 is 11.7 Å². The molecule has 0 bridgehead atoms. The molecule has 1 saturated heterocycles. The van der Waals surface area contributed by atoms with Crippen LogP contribution in [0.1, 0.15) is 25.0 Å². The van der Waals surface area contributed by atoms with E-state index in [0.717, 1.165) is 26.2 Å². The van der Waals surface area contributed by atoms with E-state index in [1.54, 1.807) is 12.1 Å². The number of alkyl halides is 4. The van der Waals surface area contributed by atoms with Crippen molar-refractivity contribution < 1.29 is 13.2 Å². The first-order valence-electron chi connectivity index (χ1n) is 7.08. The molecule has 0 atom stereocenters. The lowest BCUT2D eigenvalue weighted by Gasteiger charge is -2.38. The third-order valence-corrected chi connectivity index (χ3v) is 4.56. The van der Waals surface area contributed by atoms with E-state index in [-0.39, 0.29) is 10.9 Å². The number of hydrogen-bond donors (Lipinski definition) is 0. The molecule has 0 aromatic heterocycles. The van der Waals surface area contributed by atoms with Crippen LogP contribution in [0.5, 0.6) is 0 Å². The van der Waals surface area contributed by atoms with E-state index in [2.05, 4.69) is 34.7 Å². The summed E-state index contributed by atoms with van der Waals surface area (Å²) in [6.07, 6.45) is -4.31. The summed E-state index contributed by atoms with van der Waals surface area (Å²) < 4.78 is 39.3. The molecule has 1 aromatic carbocycles. The summed E-state index contributed by atoms with van der Waals surface area (Å²) >= 11 is 3.12. The van der Waals surface area contributed by atoms with Gasteiger partial charge in [-0.3, -0.25) is 4.90 Å². The lowest BCUT2D eigenvalue weighted by Crippen LogP contribution is -2.48. The van der Waals surface area contributed by atoms with Gasteiger partial charge in [0.1, 0.15) is 0 Å². The third kappa shape index (κ3) is 3.92. The summed E-state index contributed by atoms with van der Waals surface area (Å²) in [4.78, 5) is 4.38. The minimum absolute atomic E-state index is 0.212. The Balaban J connectivity index is 2.18. The number of hydrogen-bond acceptors (Lipinski definition) is 2. The highest BCUT2D eigenvalue weighted by atomic mass is 79.9. The fourth-order valence-corrected chi connectivity index (χ4v) is 3.13. The van der Waals surface area contributed by atoms with Crippen LogP contribution in [-0.4, -0.2) is 37.1 Å². The minimum Gasteiger partial charge on any atom is -0.369 e. The largest absolute Gasteiger partial charge is 0.416 e. The molecule has 0 N–H and O–H groups in total. The van der Waals surface area contributed by atoms with Gasteiger partial charge >= 0.3 is 6.18 Å². The van der Waals surface area contributed by atoms with Crippen molar-refractivity contribution in [3.63, 3.8) is 0 Å². The standard InChI is InChI=1S/C15H20BrF3N2/c1-11(2)20-5-7-21(8-6-20)13-4-3-12(10-16)14(9-13)15(17,18)19/h3-4,9,11H,5-8,10H2,1-2H3. The van der Waals surface area contributed by atoms with Gasteiger partial charge in [0.25, 0.3) is 0 Å². The number of anilines is 1. The number of piperazine rings is 1. The molecule has 1 aliphatic rings. The predicted molar refractivity (Wildman–Crippen MR) is 83.0 cm³/mol. The average Bonchev–Trinajstić information content (AvgIpc) is 2.45. The van der Waals surface area contributed by atoms with Crippen molar-refractivity contribution in [2.45, 2.75) is 31.4 Å². The molecular weight excluding hydrogens is 345 g/mol. The van der Waals surface area contributed by atoms with Gasteiger partial charge in [0, 0.05) is 43.2 Å². The van der Waals surface area contributed by atoms with Gasteiger partial charge in [0.2, 0.25) is 0 Å². The third-order valence-electron chi connectivity index (χ3n) is 3.95. The molecule has 21 heavy (non-hydrogen) atoms. The first-order chi connectivity index (χ1) is 9.82. The summed E-state index contributed by atoms with van der Waals surface area (Å²) in [5.41, 5.74) is 0.408. The molecule has 0 spiro atoms. The van der Waals surface area contributed by atoms with Gasteiger partial charge in [0.15, 0.2) is 0 Å². The SMILES string of the molecule is CC(C)N1CCN(c2ccc(CBr)c(C(F)(F)F)c2)CC1. The lowest BCUT2D eigenvalue weighted by atomic mass is 10.1. The number of nitrogens with zero attached hydrogens (tertiary/aromatic N) is 2. The fraction of sp³-hybridized carbons (Fsp3) is 0.600. The second kappa shape index (κ2) is 6.57. The van der Waals surface area contributed by atoms with Gasteiger partial charge < -0.3 is 4.90 Å². The summed E-state index contributed by atoms with van der Waals surface area (Å²) in [5, 5.41) is 0.212. The fourth-order valence-electron chi connectivity index (χ4n) is 2.64. The van der Waals surface area contributed by atoms with Crippen molar-refractivity contribution in [1.82, 2.24) is 4.90 Å². The van der Waals surface area contributed by atoms with E-state index in [1.165, 1.54) is 6.07 Å². The van der Waals surface area contributed by atoms with Crippen LogP contribution in [0, 0.1) is 0 Å². The molecule has 2 nitrogen and oxygen atoms in total. The van der Waals surface area contributed by atoms with Gasteiger partial charge in [-0.15, -0.1) is 0 Å². The van der Waals surface area contributed by atoms with Crippen LogP contribution >= 0.6 is 15.9 Å². The monoisotopic (exact) mass is 364 g/mol. The average molecular weight is 365 g/mol. The van der Waals surface area contributed by atoms with Crippen molar-refractivity contribution >= 4 is 21.6 Å². The maximum absolute atomic E-state index is 13.1. The Morgan fingerprint density at radius 1 is 1.14 bits per heavy atom. The molecule has 2 rings (SSSR count). The lowest BCUT2D eigenvalue weighted by molar-refractivity contribution is -0.138. The Hall–Kier alpha value is -0.750. The van der Waals surface area contributed by atoms with Crippen LogP contribution in [0.15, 0.2) is 18.2 Å². The number of benzene rings is 1. The van der Waals surface area contributed by atoms with Gasteiger partial charge in [-0.2, -0.15) is 13.2 Å². The zero-order valence-corrected chi connectivity index (χ0v) is 13.8. The number of rotatable bonds is 3. The zero-order valence-electron chi connectivity index (χ0n) is 12.3. The van der Waals surface area contributed by atoms with Crippen molar-refractivity contribution in [2.75, 3.05) is 31.1 Å². The zero-order chi connectivity index (χ0) is 15.6. The van der Waals surface area contributed by atoms with Gasteiger partial charge in [-0.1, -0.05) is 22.0 Å². The maximum atomic E-state index is 13.1. The normalized spacial score (nSPS) is 17.6. The Kier molecular flexibility index (Phi) is 5.20. The van der Waals surface area contributed by atoms with Crippen LogP contribution in [0.25, 0.3) is 0 Å². The molecule has 1 heterocycles. The smallest absolute Gasteiger partial charge is 0.369 e. The first-order valence-corrected chi connectivity index (χ1v) is 8.20. The number of halogens is 4. The molecule has 1 fully saturated rings. The van der Waals surface area contributed by atoms with Crippen molar-refractivity contribution in [3.8, 4) is 0 Å². The van der Waals surface area contributed by atoms with Gasteiger partial charge in [0.05, 0.1) is 5.56 Å². The topological polar surface area (TPSA) is 6.48 Å². The molecule has 0 unspecified atom stereocenters. The Bertz CT molecular complexity index is 480. The minimum atomic E-state index is -4.31. The van der Waals surface area contributed by atoms with Crippen LogP contribution in [0.3, 0.4) is 0 Å². The summed E-state index contributed by atoms with van der Waals surface area (Å²) in [7, 11) is 0. The molecule has 1 aliphatic heterocycles. The highest BCUT2D eigenvalue weighted by Crippen LogP contribution is 2.35. The maximum Gasteiger partial charge on any atom is 0.416 e. The summed E-state index contributed by atoms with van der Waals surface area (Å²) in [6.45, 7) is 7.59. The molecule has 0 radical (unpaired) electrons. The van der Waals surface area contributed by atoms with Crippen LogP contribution < -0.4 is 4.90 Å². The second-order valence-electron chi connectivity index (χ2n) is 5.59. The van der Waals surface area contributed by atoms with Crippen LogP contribution in [0.4, 0.5) is 18.9 Å². The quantitative estimate of drug-likeness (QED) is 0.744. The highest BCUT2D eigenvalue weighted by molar-refractivity contribution is 9.08. The van der Waals surface area contributed by atoms with E-state index in [0.29, 0.717) is 11.7 Å². The highest BCUT2D eigenvalue weighted by Gasteiger charge is 2.34. The first kappa shape index (κ1) is 16.6. The van der Waals surface area contributed by atoms with Crippen molar-refractivity contribution in [2.24, 2.45) is 0 Å². The van der Waals surface area contributed by atoms with Crippen LogP contribution in [0.2, 0.25) is 0 Å². The Morgan fingerprint density at radius 3 is 2.24 bits per heavy atom. The second-order valence-corrected chi connectivity index (χ2v) is 6.15. The molecule has 6 heteroatoms. The molecule has 1 aromatic rings. The predicted octanol–water partition coefficient (Wildman–Crippen LogP) is 4.13. The van der Waals surface area contributed by atoms with Crippen LogP contribution in [-0.2, 0) is 11.5 Å². The molecule has 0 aliphatic carbocycles. The molecule has 0 amide bonds. The van der Waals surface area contributed by atoms with E-state index in [4.69, 9.17) is 0 Å². The van der Waals surface area contributed by atoms with Gasteiger partial charge in [-0.05, 0) is 31.5 Å². The van der Waals surface area contributed by atoms with Crippen molar-refractivity contribution in [3.05, 3.63) is 29.3 Å². The molecular formula is C15H20BrF3N2. The molecule has 118 valence electrons. The van der Waals surface area contributed by atoms with Crippen molar-refractivity contribution in [1.29, 1.82) is 0 Å².